The van der Waals surface area contributed by atoms with E-state index in [1.807, 2.05) is 42.5 Å². The van der Waals surface area contributed by atoms with Gasteiger partial charge < -0.3 is 14.7 Å². The average molecular weight is 290 g/mol. The molecule has 0 amide bonds. The smallest absolute Gasteiger partial charge is 0.144 e. The van der Waals surface area contributed by atoms with Crippen molar-refractivity contribution in [1.82, 2.24) is 4.90 Å². The van der Waals surface area contributed by atoms with E-state index >= 15 is 0 Å². The maximum atomic E-state index is 9.84. The van der Waals surface area contributed by atoms with Gasteiger partial charge in [-0.2, -0.15) is 0 Å². The molecule has 21 heavy (non-hydrogen) atoms. The molecule has 5 heteroatoms. The van der Waals surface area contributed by atoms with Crippen molar-refractivity contribution >= 4 is 12.3 Å². The molecule has 0 spiro atoms. The second-order valence-electron chi connectivity index (χ2n) is 4.89. The minimum atomic E-state index is -0.529. The van der Waals surface area contributed by atoms with Crippen LogP contribution in [0.5, 0.6) is 0 Å². The van der Waals surface area contributed by atoms with Crippen molar-refractivity contribution in [3.63, 3.8) is 0 Å². The van der Waals surface area contributed by atoms with E-state index in [0.717, 1.165) is 31.9 Å². The van der Waals surface area contributed by atoms with Crippen molar-refractivity contribution in [3.05, 3.63) is 42.0 Å². The molecule has 1 N–H and O–H groups in total. The van der Waals surface area contributed by atoms with Crippen LogP contribution in [0.15, 0.2) is 41.6 Å². The number of hydrogen-bond donors (Lipinski definition) is 1. The Morgan fingerprint density at radius 1 is 1.29 bits per heavy atom. The summed E-state index contributed by atoms with van der Waals surface area (Å²) in [6.07, 6.45) is 4.80. The van der Waals surface area contributed by atoms with Gasteiger partial charge in [-0.1, -0.05) is 41.6 Å². The fourth-order valence-electron chi connectivity index (χ4n) is 2.06. The molecular formula is C16H22N2O3. The van der Waals surface area contributed by atoms with Crippen LogP contribution in [-0.4, -0.2) is 61.8 Å². The highest BCUT2D eigenvalue weighted by Gasteiger charge is 2.14. The summed E-state index contributed by atoms with van der Waals surface area (Å²) in [7, 11) is 0. The van der Waals surface area contributed by atoms with Crippen molar-refractivity contribution in [1.29, 1.82) is 0 Å². The second kappa shape index (κ2) is 9.28. The number of aliphatic hydroxyl groups excluding tert-OH is 1. The molecule has 1 aromatic rings. The zero-order chi connectivity index (χ0) is 14.8. The number of ether oxygens (including phenoxy) is 1. The van der Waals surface area contributed by atoms with Gasteiger partial charge in [-0.15, -0.1) is 0 Å². The SMILES string of the molecule is OC(CO/N=C/C=C/c1ccccc1)CN1CCOCC1. The first-order valence-electron chi connectivity index (χ1n) is 7.20. The fraction of sp³-hybridized carbons (Fsp3) is 0.438. The fourth-order valence-corrected chi connectivity index (χ4v) is 2.06. The Kier molecular flexibility index (Phi) is 6.94. The van der Waals surface area contributed by atoms with Crippen LogP contribution < -0.4 is 0 Å². The molecule has 1 saturated heterocycles. The number of hydrogen-bond acceptors (Lipinski definition) is 5. The van der Waals surface area contributed by atoms with Crippen LogP contribution in [0, 0.1) is 0 Å². The first-order valence-corrected chi connectivity index (χ1v) is 7.20. The molecule has 1 aliphatic heterocycles. The van der Waals surface area contributed by atoms with E-state index in [0.29, 0.717) is 6.54 Å². The molecule has 1 fully saturated rings. The number of β-amino-alcohol motifs (C(OH)–C–C–N with tert-alkyl or cyclic N) is 1. The standard InChI is InChI=1S/C16H22N2O3/c19-16(13-18-9-11-20-12-10-18)14-21-17-8-4-7-15-5-2-1-3-6-15/h1-8,16,19H,9-14H2/b7-4+,17-8+. The lowest BCUT2D eigenvalue weighted by molar-refractivity contribution is -0.0128. The van der Waals surface area contributed by atoms with Crippen LogP contribution >= 0.6 is 0 Å². The highest BCUT2D eigenvalue weighted by Crippen LogP contribution is 2.00. The Morgan fingerprint density at radius 3 is 2.81 bits per heavy atom. The maximum absolute atomic E-state index is 9.84. The van der Waals surface area contributed by atoms with Gasteiger partial charge in [0.2, 0.25) is 0 Å². The summed E-state index contributed by atoms with van der Waals surface area (Å²) in [5.74, 6) is 0. The van der Waals surface area contributed by atoms with Crippen molar-refractivity contribution in [3.8, 4) is 0 Å². The van der Waals surface area contributed by atoms with Crippen molar-refractivity contribution in [2.75, 3.05) is 39.5 Å². The molecule has 1 heterocycles. The topological polar surface area (TPSA) is 54.3 Å². The Hall–Kier alpha value is -1.69. The largest absolute Gasteiger partial charge is 0.393 e. The van der Waals surface area contributed by atoms with E-state index in [4.69, 9.17) is 9.57 Å². The van der Waals surface area contributed by atoms with Gasteiger partial charge in [0, 0.05) is 19.6 Å². The number of nitrogens with zero attached hydrogens (tertiary/aromatic N) is 2. The molecule has 0 radical (unpaired) electrons. The minimum Gasteiger partial charge on any atom is -0.393 e. The lowest BCUT2D eigenvalue weighted by Gasteiger charge is -2.28. The molecule has 0 aromatic heterocycles. The van der Waals surface area contributed by atoms with Gasteiger partial charge >= 0.3 is 0 Å². The van der Waals surface area contributed by atoms with Gasteiger partial charge in [-0.05, 0) is 11.6 Å². The first kappa shape index (κ1) is 15.7. The monoisotopic (exact) mass is 290 g/mol. The summed E-state index contributed by atoms with van der Waals surface area (Å²) in [5.41, 5.74) is 1.11. The Bertz CT molecular complexity index is 442. The van der Waals surface area contributed by atoms with Crippen LogP contribution in [0.25, 0.3) is 6.08 Å². The van der Waals surface area contributed by atoms with Crippen LogP contribution in [0.1, 0.15) is 5.56 Å². The van der Waals surface area contributed by atoms with E-state index < -0.39 is 6.10 Å². The Morgan fingerprint density at radius 2 is 2.05 bits per heavy atom. The van der Waals surface area contributed by atoms with E-state index in [1.54, 1.807) is 6.21 Å². The summed E-state index contributed by atoms with van der Waals surface area (Å²) in [6.45, 7) is 3.98. The average Bonchev–Trinajstić information content (AvgIpc) is 2.53. The molecule has 1 aromatic carbocycles. The predicted molar refractivity (Wildman–Crippen MR) is 83.2 cm³/mol. The predicted octanol–water partition coefficient (Wildman–Crippen LogP) is 1.40. The molecule has 1 unspecified atom stereocenters. The molecule has 0 saturated carbocycles. The highest BCUT2D eigenvalue weighted by molar-refractivity contribution is 5.77. The van der Waals surface area contributed by atoms with Gasteiger partial charge in [0.05, 0.1) is 19.4 Å². The zero-order valence-electron chi connectivity index (χ0n) is 12.1. The highest BCUT2D eigenvalue weighted by atomic mass is 16.6. The molecule has 114 valence electrons. The number of allylic oxidation sites excluding steroid dienone is 1. The maximum Gasteiger partial charge on any atom is 0.144 e. The first-order chi connectivity index (χ1) is 10.3. The third kappa shape index (κ3) is 6.53. The summed E-state index contributed by atoms with van der Waals surface area (Å²) in [6, 6.07) is 9.96. The molecule has 5 nitrogen and oxygen atoms in total. The van der Waals surface area contributed by atoms with Crippen molar-refractivity contribution in [2.24, 2.45) is 5.16 Å². The number of morpholine rings is 1. The molecular weight excluding hydrogens is 268 g/mol. The van der Waals surface area contributed by atoms with Gasteiger partial charge in [-0.25, -0.2) is 0 Å². The van der Waals surface area contributed by atoms with Crippen LogP contribution in [-0.2, 0) is 9.57 Å². The lowest BCUT2D eigenvalue weighted by Crippen LogP contribution is -2.42. The van der Waals surface area contributed by atoms with Crippen LogP contribution in [0.4, 0.5) is 0 Å². The van der Waals surface area contributed by atoms with E-state index in [-0.39, 0.29) is 6.61 Å². The van der Waals surface area contributed by atoms with Crippen LogP contribution in [0.3, 0.4) is 0 Å². The number of oxime groups is 1. The quantitative estimate of drug-likeness (QED) is 0.609. The second-order valence-corrected chi connectivity index (χ2v) is 4.89. The van der Waals surface area contributed by atoms with Gasteiger partial charge in [0.25, 0.3) is 0 Å². The summed E-state index contributed by atoms with van der Waals surface area (Å²) in [4.78, 5) is 7.25. The normalized spacial score (nSPS) is 18.3. The van der Waals surface area contributed by atoms with Crippen molar-refractivity contribution in [2.45, 2.75) is 6.10 Å². The third-order valence-corrected chi connectivity index (χ3v) is 3.15. The molecule has 0 aliphatic carbocycles. The number of benzene rings is 1. The molecule has 1 aliphatic rings. The molecule has 2 rings (SSSR count). The Balaban J connectivity index is 1.59. The lowest BCUT2D eigenvalue weighted by atomic mass is 10.2. The Labute approximate surface area is 125 Å². The van der Waals surface area contributed by atoms with Gasteiger partial charge in [0.15, 0.2) is 0 Å². The van der Waals surface area contributed by atoms with E-state index in [2.05, 4.69) is 10.1 Å². The third-order valence-electron chi connectivity index (χ3n) is 3.15. The summed E-state index contributed by atoms with van der Waals surface area (Å²) < 4.78 is 5.26. The summed E-state index contributed by atoms with van der Waals surface area (Å²) in [5, 5.41) is 13.6. The molecule has 0 bridgehead atoms. The minimum absolute atomic E-state index is 0.201. The van der Waals surface area contributed by atoms with E-state index in [9.17, 15) is 5.11 Å². The van der Waals surface area contributed by atoms with Gasteiger partial charge in [-0.3, -0.25) is 4.90 Å². The van der Waals surface area contributed by atoms with Gasteiger partial charge in [0.1, 0.15) is 12.7 Å². The molecule has 1 atom stereocenters. The summed E-state index contributed by atoms with van der Waals surface area (Å²) >= 11 is 0. The number of rotatable bonds is 7. The van der Waals surface area contributed by atoms with Crippen molar-refractivity contribution < 1.29 is 14.7 Å². The van der Waals surface area contributed by atoms with E-state index in [1.165, 1.54) is 0 Å². The van der Waals surface area contributed by atoms with Crippen LogP contribution in [0.2, 0.25) is 0 Å². The number of aliphatic hydroxyl groups is 1. The zero-order valence-corrected chi connectivity index (χ0v) is 12.1.